The van der Waals surface area contributed by atoms with Gasteiger partial charge in [0.05, 0.1) is 22.3 Å². The third kappa shape index (κ3) is 2.55. The Labute approximate surface area is 143 Å². The fourth-order valence-corrected chi connectivity index (χ4v) is 2.81. The maximum atomic E-state index is 11.5. The highest BCUT2D eigenvalue weighted by atomic mass is 16.4. The van der Waals surface area contributed by atoms with Crippen molar-refractivity contribution >= 4 is 17.0 Å². The standard InChI is InChI=1S/C18H15N5O2/c1-2-14-21-16(15-13(18(24)25)10-19-17(15)22-14)11-4-6-12(7-5-11)23-9-3-8-20-23/h3-10H,2H2,1H3,(H,24,25)(H,19,21,22). The van der Waals surface area contributed by atoms with Gasteiger partial charge < -0.3 is 10.1 Å². The molecular weight excluding hydrogens is 318 g/mol. The summed E-state index contributed by atoms with van der Waals surface area (Å²) in [6.45, 7) is 1.97. The molecule has 0 aliphatic rings. The number of benzene rings is 1. The van der Waals surface area contributed by atoms with Crippen LogP contribution >= 0.6 is 0 Å². The molecule has 0 aliphatic heterocycles. The summed E-state index contributed by atoms with van der Waals surface area (Å²) in [5.41, 5.74) is 3.08. The van der Waals surface area contributed by atoms with Crippen LogP contribution in [0.25, 0.3) is 28.0 Å². The van der Waals surface area contributed by atoms with Gasteiger partial charge in [0.25, 0.3) is 0 Å². The van der Waals surface area contributed by atoms with Crippen LogP contribution < -0.4 is 0 Å². The first-order valence-electron chi connectivity index (χ1n) is 7.89. The minimum Gasteiger partial charge on any atom is -0.478 e. The fourth-order valence-electron chi connectivity index (χ4n) is 2.81. The van der Waals surface area contributed by atoms with Gasteiger partial charge in [0.15, 0.2) is 0 Å². The van der Waals surface area contributed by atoms with Gasteiger partial charge in [-0.1, -0.05) is 19.1 Å². The van der Waals surface area contributed by atoms with Gasteiger partial charge in [0.1, 0.15) is 11.5 Å². The van der Waals surface area contributed by atoms with Crippen LogP contribution in [0.4, 0.5) is 0 Å². The van der Waals surface area contributed by atoms with E-state index in [2.05, 4.69) is 20.1 Å². The third-order valence-electron chi connectivity index (χ3n) is 4.03. The summed E-state index contributed by atoms with van der Waals surface area (Å²) in [6.07, 6.45) is 5.70. The topological polar surface area (TPSA) is 96.7 Å². The molecule has 25 heavy (non-hydrogen) atoms. The van der Waals surface area contributed by atoms with Crippen LogP contribution in [0.15, 0.2) is 48.9 Å². The summed E-state index contributed by atoms with van der Waals surface area (Å²) in [5, 5.41) is 14.2. The van der Waals surface area contributed by atoms with Gasteiger partial charge >= 0.3 is 5.97 Å². The molecule has 0 unspecified atom stereocenters. The molecule has 3 heterocycles. The van der Waals surface area contributed by atoms with Crippen LogP contribution in [0.5, 0.6) is 0 Å². The Hall–Kier alpha value is -3.48. The van der Waals surface area contributed by atoms with E-state index in [1.54, 1.807) is 10.9 Å². The number of aromatic amines is 1. The summed E-state index contributed by atoms with van der Waals surface area (Å²) in [7, 11) is 0. The third-order valence-corrected chi connectivity index (χ3v) is 4.03. The van der Waals surface area contributed by atoms with Crippen LogP contribution in [-0.2, 0) is 6.42 Å². The molecule has 7 nitrogen and oxygen atoms in total. The van der Waals surface area contributed by atoms with Crippen molar-refractivity contribution in [2.45, 2.75) is 13.3 Å². The predicted octanol–water partition coefficient (Wildman–Crippen LogP) is 3.07. The molecule has 1 aromatic carbocycles. The van der Waals surface area contributed by atoms with E-state index in [4.69, 9.17) is 0 Å². The molecule has 0 radical (unpaired) electrons. The lowest BCUT2D eigenvalue weighted by Gasteiger charge is -2.08. The zero-order valence-corrected chi connectivity index (χ0v) is 13.5. The summed E-state index contributed by atoms with van der Waals surface area (Å²) in [5.74, 6) is -0.342. The molecule has 124 valence electrons. The highest BCUT2D eigenvalue weighted by Crippen LogP contribution is 2.29. The summed E-state index contributed by atoms with van der Waals surface area (Å²) in [6, 6.07) is 9.53. The first-order valence-corrected chi connectivity index (χ1v) is 7.89. The second kappa shape index (κ2) is 5.86. The first-order chi connectivity index (χ1) is 12.2. The second-order valence-corrected chi connectivity index (χ2v) is 5.57. The molecule has 7 heteroatoms. The largest absolute Gasteiger partial charge is 0.478 e. The van der Waals surface area contributed by atoms with E-state index in [-0.39, 0.29) is 5.56 Å². The number of carboxylic acids is 1. The van der Waals surface area contributed by atoms with E-state index in [1.807, 2.05) is 43.5 Å². The number of nitrogens with one attached hydrogen (secondary N) is 1. The molecule has 0 bridgehead atoms. The Balaban J connectivity index is 1.90. The molecule has 0 aliphatic carbocycles. The Morgan fingerprint density at radius 1 is 1.24 bits per heavy atom. The van der Waals surface area contributed by atoms with Crippen LogP contribution in [-0.4, -0.2) is 35.8 Å². The Morgan fingerprint density at radius 2 is 2.04 bits per heavy atom. The number of aryl methyl sites for hydroxylation is 1. The van der Waals surface area contributed by atoms with Gasteiger partial charge in [-0.25, -0.2) is 19.4 Å². The molecule has 2 N–H and O–H groups in total. The lowest BCUT2D eigenvalue weighted by molar-refractivity contribution is 0.0699. The maximum Gasteiger partial charge on any atom is 0.338 e. The normalized spacial score (nSPS) is 11.1. The summed E-state index contributed by atoms with van der Waals surface area (Å²) < 4.78 is 1.76. The number of hydrogen-bond donors (Lipinski definition) is 2. The average Bonchev–Trinajstić information content (AvgIpc) is 3.30. The molecule has 0 saturated carbocycles. The van der Waals surface area contributed by atoms with Gasteiger partial charge in [-0.15, -0.1) is 0 Å². The number of hydrogen-bond acceptors (Lipinski definition) is 4. The number of carbonyl (C=O) groups is 1. The molecule has 4 aromatic rings. The summed E-state index contributed by atoms with van der Waals surface area (Å²) >= 11 is 0. The SMILES string of the molecule is CCc1nc(-c2ccc(-n3cccn3)cc2)c2c(C(=O)O)c[nH]c2n1. The number of H-pyrrole nitrogens is 1. The quantitative estimate of drug-likeness (QED) is 0.598. The molecule has 3 aromatic heterocycles. The highest BCUT2D eigenvalue weighted by Gasteiger charge is 2.18. The highest BCUT2D eigenvalue weighted by molar-refractivity contribution is 6.07. The van der Waals surface area contributed by atoms with Crippen molar-refractivity contribution in [3.63, 3.8) is 0 Å². The van der Waals surface area contributed by atoms with Gasteiger partial charge in [-0.3, -0.25) is 0 Å². The van der Waals surface area contributed by atoms with Crippen molar-refractivity contribution < 1.29 is 9.90 Å². The predicted molar refractivity (Wildman–Crippen MR) is 92.8 cm³/mol. The number of rotatable bonds is 4. The van der Waals surface area contributed by atoms with E-state index < -0.39 is 5.97 Å². The zero-order valence-electron chi connectivity index (χ0n) is 13.5. The van der Waals surface area contributed by atoms with E-state index >= 15 is 0 Å². The zero-order chi connectivity index (χ0) is 17.4. The second-order valence-electron chi connectivity index (χ2n) is 5.57. The number of nitrogens with zero attached hydrogens (tertiary/aromatic N) is 4. The summed E-state index contributed by atoms with van der Waals surface area (Å²) in [4.78, 5) is 23.5. The number of fused-ring (bicyclic) bond motifs is 1. The van der Waals surface area contributed by atoms with E-state index in [9.17, 15) is 9.90 Å². The van der Waals surface area contributed by atoms with Crippen LogP contribution in [0, 0.1) is 0 Å². The van der Waals surface area contributed by atoms with Crippen molar-refractivity contribution in [2.75, 3.05) is 0 Å². The van der Waals surface area contributed by atoms with E-state index in [0.29, 0.717) is 29.0 Å². The van der Waals surface area contributed by atoms with Gasteiger partial charge in [0, 0.05) is 30.6 Å². The minimum atomic E-state index is -1.01. The van der Waals surface area contributed by atoms with Crippen molar-refractivity contribution in [3.05, 3.63) is 60.3 Å². The molecule has 0 atom stereocenters. The van der Waals surface area contributed by atoms with Crippen LogP contribution in [0.2, 0.25) is 0 Å². The number of aromatic carboxylic acids is 1. The molecule has 4 rings (SSSR count). The molecular formula is C18H15N5O2. The smallest absolute Gasteiger partial charge is 0.338 e. The Bertz CT molecular complexity index is 1050. The van der Waals surface area contributed by atoms with Crippen molar-refractivity contribution in [1.82, 2.24) is 24.7 Å². The van der Waals surface area contributed by atoms with Gasteiger partial charge in [0.2, 0.25) is 0 Å². The molecule has 0 amide bonds. The van der Waals surface area contributed by atoms with Gasteiger partial charge in [-0.2, -0.15) is 5.10 Å². The Morgan fingerprint density at radius 3 is 2.68 bits per heavy atom. The fraction of sp³-hybridized carbons (Fsp3) is 0.111. The lowest BCUT2D eigenvalue weighted by atomic mass is 10.1. The van der Waals surface area contributed by atoms with Crippen LogP contribution in [0.3, 0.4) is 0 Å². The number of aromatic nitrogens is 5. The molecule has 0 saturated heterocycles. The lowest BCUT2D eigenvalue weighted by Crippen LogP contribution is -2.01. The monoisotopic (exact) mass is 333 g/mol. The van der Waals surface area contributed by atoms with E-state index in [1.165, 1.54) is 6.20 Å². The number of carboxylic acid groups (broad SMARTS) is 1. The van der Waals surface area contributed by atoms with Crippen molar-refractivity contribution in [1.29, 1.82) is 0 Å². The average molecular weight is 333 g/mol. The molecule has 0 fully saturated rings. The van der Waals surface area contributed by atoms with E-state index in [0.717, 1.165) is 11.3 Å². The van der Waals surface area contributed by atoms with Gasteiger partial charge in [-0.05, 0) is 18.2 Å². The van der Waals surface area contributed by atoms with Crippen LogP contribution in [0.1, 0.15) is 23.1 Å². The Kier molecular flexibility index (Phi) is 3.53. The van der Waals surface area contributed by atoms with Crippen molar-refractivity contribution in [2.24, 2.45) is 0 Å². The maximum absolute atomic E-state index is 11.5. The minimum absolute atomic E-state index is 0.170. The van der Waals surface area contributed by atoms with Crippen molar-refractivity contribution in [3.8, 4) is 16.9 Å². The molecule has 0 spiro atoms. The first kappa shape index (κ1) is 15.1.